The van der Waals surface area contributed by atoms with Gasteiger partial charge in [0, 0.05) is 31.7 Å². The summed E-state index contributed by atoms with van der Waals surface area (Å²) in [6.45, 7) is 0.577. The third kappa shape index (κ3) is 2.70. The van der Waals surface area contributed by atoms with Gasteiger partial charge in [-0.25, -0.2) is 18.3 Å². The van der Waals surface area contributed by atoms with Crippen LogP contribution < -0.4 is 5.56 Å². The fourth-order valence-corrected chi connectivity index (χ4v) is 3.68. The first-order valence-corrected chi connectivity index (χ1v) is 8.61. The molecule has 0 radical (unpaired) electrons. The van der Waals surface area contributed by atoms with Gasteiger partial charge >= 0.3 is 5.97 Å². The van der Waals surface area contributed by atoms with E-state index in [2.05, 4.69) is 5.10 Å². The summed E-state index contributed by atoms with van der Waals surface area (Å²) in [4.78, 5) is 25.1. The van der Waals surface area contributed by atoms with Gasteiger partial charge in [-0.2, -0.15) is 5.10 Å². The molecule has 2 fully saturated rings. The molecule has 1 saturated carbocycles. The molecule has 0 amide bonds. The zero-order valence-corrected chi connectivity index (χ0v) is 14.3. The van der Waals surface area contributed by atoms with Gasteiger partial charge in [0.05, 0.1) is 24.2 Å². The quantitative estimate of drug-likeness (QED) is 0.780. The molecule has 9 heteroatoms. The molecular formula is C17H19F2N3O4. The van der Waals surface area contributed by atoms with Crippen molar-refractivity contribution < 1.29 is 23.0 Å². The lowest BCUT2D eigenvalue weighted by molar-refractivity contribution is -0.104. The minimum atomic E-state index is -2.77. The Morgan fingerprint density at radius 3 is 2.77 bits per heavy atom. The molecule has 0 N–H and O–H groups in total. The molecule has 1 atom stereocenters. The molecule has 0 spiro atoms. The van der Waals surface area contributed by atoms with Crippen LogP contribution in [0.15, 0.2) is 17.2 Å². The van der Waals surface area contributed by atoms with Crippen molar-refractivity contribution in [3.63, 3.8) is 0 Å². The van der Waals surface area contributed by atoms with Crippen LogP contribution in [0.4, 0.5) is 8.78 Å². The molecule has 1 unspecified atom stereocenters. The molecule has 0 bridgehead atoms. The number of fused-ring (bicyclic) bond motifs is 1. The van der Waals surface area contributed by atoms with E-state index >= 15 is 0 Å². The molecule has 0 aromatic carbocycles. The predicted molar refractivity (Wildman–Crippen MR) is 87.4 cm³/mol. The largest absolute Gasteiger partial charge is 0.465 e. The number of hydrogen-bond donors (Lipinski definition) is 0. The van der Waals surface area contributed by atoms with E-state index in [-0.39, 0.29) is 17.2 Å². The molecule has 1 aliphatic heterocycles. The number of ether oxygens (including phenoxy) is 2. The topological polar surface area (TPSA) is 75.4 Å². The maximum Gasteiger partial charge on any atom is 0.341 e. The number of pyridine rings is 1. The molecule has 4 rings (SSSR count). The SMILES string of the molecule is COC(=O)c1cn(C2CC(F)(F)C2)c(=O)c2cnn(C3CCCCO3)c12. The lowest BCUT2D eigenvalue weighted by Gasteiger charge is -2.36. The summed E-state index contributed by atoms with van der Waals surface area (Å²) < 4.78 is 39.8. The number of esters is 1. The lowest BCUT2D eigenvalue weighted by atomic mass is 9.87. The molecular weight excluding hydrogens is 348 g/mol. The van der Waals surface area contributed by atoms with Crippen molar-refractivity contribution in [2.75, 3.05) is 13.7 Å². The van der Waals surface area contributed by atoms with Crippen molar-refractivity contribution in [3.8, 4) is 0 Å². The fourth-order valence-electron chi connectivity index (χ4n) is 3.68. The Balaban J connectivity index is 1.86. The van der Waals surface area contributed by atoms with Gasteiger partial charge < -0.3 is 14.0 Å². The highest BCUT2D eigenvalue weighted by Crippen LogP contribution is 2.45. The predicted octanol–water partition coefficient (Wildman–Crippen LogP) is 2.65. The molecule has 1 aliphatic carbocycles. The van der Waals surface area contributed by atoms with E-state index < -0.39 is 36.3 Å². The average Bonchev–Trinajstić information content (AvgIpc) is 3.06. The third-order valence-electron chi connectivity index (χ3n) is 5.08. The van der Waals surface area contributed by atoms with E-state index in [4.69, 9.17) is 9.47 Å². The monoisotopic (exact) mass is 367 g/mol. The summed E-state index contributed by atoms with van der Waals surface area (Å²) in [5.74, 6) is -3.42. The zero-order chi connectivity index (χ0) is 18.5. The number of rotatable bonds is 3. The van der Waals surface area contributed by atoms with Crippen LogP contribution in [0.3, 0.4) is 0 Å². The Bertz CT molecular complexity index is 907. The molecule has 140 valence electrons. The van der Waals surface area contributed by atoms with Gasteiger partial charge in [0.1, 0.15) is 5.56 Å². The average molecular weight is 367 g/mol. The molecule has 26 heavy (non-hydrogen) atoms. The van der Waals surface area contributed by atoms with Crippen LogP contribution >= 0.6 is 0 Å². The summed E-state index contributed by atoms with van der Waals surface area (Å²) in [6.07, 6.45) is 4.10. The Labute approximate surface area is 147 Å². The zero-order valence-electron chi connectivity index (χ0n) is 14.3. The highest BCUT2D eigenvalue weighted by atomic mass is 19.3. The number of carbonyl (C=O) groups is 1. The number of methoxy groups -OCH3 is 1. The summed E-state index contributed by atoms with van der Waals surface area (Å²) in [5.41, 5.74) is 0.0234. The van der Waals surface area contributed by atoms with Crippen LogP contribution in [-0.2, 0) is 9.47 Å². The van der Waals surface area contributed by atoms with Gasteiger partial charge in [0.2, 0.25) is 0 Å². The van der Waals surface area contributed by atoms with Crippen molar-refractivity contribution in [1.29, 1.82) is 0 Å². The Kier molecular flexibility index (Phi) is 4.06. The highest BCUT2D eigenvalue weighted by Gasteiger charge is 2.47. The second kappa shape index (κ2) is 6.15. The molecule has 3 heterocycles. The van der Waals surface area contributed by atoms with Gasteiger partial charge in [0.25, 0.3) is 11.5 Å². The second-order valence-electron chi connectivity index (χ2n) is 6.84. The van der Waals surface area contributed by atoms with Crippen LogP contribution in [0.2, 0.25) is 0 Å². The molecule has 1 saturated heterocycles. The summed E-state index contributed by atoms with van der Waals surface area (Å²) in [5, 5.41) is 4.46. The van der Waals surface area contributed by atoms with Crippen LogP contribution in [0.1, 0.15) is 54.7 Å². The van der Waals surface area contributed by atoms with Gasteiger partial charge in [-0.3, -0.25) is 4.79 Å². The van der Waals surface area contributed by atoms with Crippen LogP contribution in [0.25, 0.3) is 10.9 Å². The second-order valence-corrected chi connectivity index (χ2v) is 6.84. The smallest absolute Gasteiger partial charge is 0.341 e. The minimum absolute atomic E-state index is 0.129. The number of halogens is 2. The Morgan fingerprint density at radius 2 is 2.15 bits per heavy atom. The minimum Gasteiger partial charge on any atom is -0.465 e. The highest BCUT2D eigenvalue weighted by molar-refractivity contribution is 6.02. The van der Waals surface area contributed by atoms with E-state index in [1.807, 2.05) is 0 Å². The van der Waals surface area contributed by atoms with Crippen molar-refractivity contribution in [2.45, 2.75) is 50.3 Å². The van der Waals surface area contributed by atoms with Crippen LogP contribution in [-0.4, -0.2) is 40.0 Å². The molecule has 2 aromatic heterocycles. The summed E-state index contributed by atoms with van der Waals surface area (Å²) >= 11 is 0. The van der Waals surface area contributed by atoms with Gasteiger partial charge in [-0.1, -0.05) is 0 Å². The number of alkyl halides is 2. The number of carbonyl (C=O) groups excluding carboxylic acids is 1. The van der Waals surface area contributed by atoms with Gasteiger partial charge in [-0.05, 0) is 19.3 Å². The van der Waals surface area contributed by atoms with Crippen molar-refractivity contribution in [1.82, 2.24) is 14.3 Å². The molecule has 7 nitrogen and oxygen atoms in total. The van der Waals surface area contributed by atoms with E-state index in [0.717, 1.165) is 19.3 Å². The van der Waals surface area contributed by atoms with Crippen LogP contribution in [0.5, 0.6) is 0 Å². The number of aromatic nitrogens is 3. The van der Waals surface area contributed by atoms with Crippen molar-refractivity contribution >= 4 is 16.9 Å². The first-order chi connectivity index (χ1) is 12.4. The van der Waals surface area contributed by atoms with Gasteiger partial charge in [-0.15, -0.1) is 0 Å². The van der Waals surface area contributed by atoms with Gasteiger partial charge in [0.15, 0.2) is 6.23 Å². The normalized spacial score (nSPS) is 23.0. The lowest BCUT2D eigenvalue weighted by Crippen LogP contribution is -2.41. The maximum atomic E-state index is 13.3. The maximum absolute atomic E-state index is 13.3. The summed E-state index contributed by atoms with van der Waals surface area (Å²) in [6, 6.07) is -0.639. The Hall–Kier alpha value is -2.29. The van der Waals surface area contributed by atoms with E-state index in [1.54, 1.807) is 0 Å². The standard InChI is InChI=1S/C17H19F2N3O4/c1-25-16(24)12-9-21(10-6-17(18,19)7-10)15(23)11-8-20-22(14(11)12)13-4-2-3-5-26-13/h8-10,13H,2-7H2,1H3. The van der Waals surface area contributed by atoms with E-state index in [9.17, 15) is 18.4 Å². The molecule has 2 aliphatic rings. The first kappa shape index (κ1) is 17.1. The first-order valence-electron chi connectivity index (χ1n) is 8.61. The van der Waals surface area contributed by atoms with Crippen molar-refractivity contribution in [2.24, 2.45) is 0 Å². The number of hydrogen-bond acceptors (Lipinski definition) is 5. The van der Waals surface area contributed by atoms with Crippen molar-refractivity contribution in [3.05, 3.63) is 28.3 Å². The van der Waals surface area contributed by atoms with E-state index in [0.29, 0.717) is 12.1 Å². The Morgan fingerprint density at radius 1 is 1.38 bits per heavy atom. The van der Waals surface area contributed by atoms with E-state index in [1.165, 1.54) is 28.8 Å². The number of nitrogens with zero attached hydrogens (tertiary/aromatic N) is 3. The third-order valence-corrected chi connectivity index (χ3v) is 5.08. The summed E-state index contributed by atoms with van der Waals surface area (Å²) in [7, 11) is 1.24. The van der Waals surface area contributed by atoms with Crippen LogP contribution in [0, 0.1) is 0 Å². The fraction of sp³-hybridized carbons (Fsp3) is 0.588. The molecule has 2 aromatic rings.